The standard InChI is InChI=1S/C66H59N4O.Pt/c1-64(2,3)47-32-35-58-55(38-47)54-34-33-50(40-61(54)70(58)62-41-57(66(7,8)9)56(42-67-62)46-26-17-12-18-27-46)71-51-37-48(65(4,5)6)36-49(39-51)68-43-69(60-31-20-19-30-59(60)68)63-52(44-22-13-10-14-23-44)28-21-29-53(63)45-24-15-11-16-25-45;/h10-38,41-43H,1-9H3;/q-3;. The summed E-state index contributed by atoms with van der Waals surface area (Å²) in [5, 5.41) is 2.24. The summed E-state index contributed by atoms with van der Waals surface area (Å²) >= 11 is 0. The number of para-hydroxylation sites is 3. The van der Waals surface area contributed by atoms with Crippen LogP contribution < -0.4 is 14.5 Å². The van der Waals surface area contributed by atoms with E-state index in [1.807, 2.05) is 12.3 Å². The Morgan fingerprint density at radius 2 is 1.04 bits per heavy atom. The third-order valence-corrected chi connectivity index (χ3v) is 13.8. The van der Waals surface area contributed by atoms with E-state index in [-0.39, 0.29) is 37.3 Å². The molecule has 0 fully saturated rings. The third kappa shape index (κ3) is 9.05. The molecule has 6 heteroatoms. The first kappa shape index (κ1) is 48.4. The molecular formula is C66H59N4OPt-3. The van der Waals surface area contributed by atoms with Crippen LogP contribution in [-0.2, 0) is 37.3 Å². The number of nitrogens with zero attached hydrogens (tertiary/aromatic N) is 4. The molecule has 0 saturated heterocycles. The van der Waals surface area contributed by atoms with Crippen LogP contribution in [0.15, 0.2) is 188 Å². The van der Waals surface area contributed by atoms with E-state index in [0.717, 1.165) is 89.3 Å². The Hall–Kier alpha value is -7.20. The molecule has 0 bridgehead atoms. The molecule has 0 aliphatic carbocycles. The molecule has 72 heavy (non-hydrogen) atoms. The fourth-order valence-corrected chi connectivity index (χ4v) is 9.97. The van der Waals surface area contributed by atoms with E-state index in [1.165, 1.54) is 11.1 Å². The number of rotatable bonds is 8. The van der Waals surface area contributed by atoms with E-state index in [9.17, 15) is 0 Å². The Bertz CT molecular complexity index is 3540. The Morgan fingerprint density at radius 3 is 1.62 bits per heavy atom. The van der Waals surface area contributed by atoms with Crippen molar-refractivity contribution in [2.45, 2.75) is 78.6 Å². The van der Waals surface area contributed by atoms with Gasteiger partial charge in [-0.1, -0.05) is 201 Å². The van der Waals surface area contributed by atoms with Crippen LogP contribution in [0.2, 0.25) is 0 Å². The Morgan fingerprint density at radius 1 is 0.472 bits per heavy atom. The normalized spacial score (nSPS) is 12.8. The molecule has 3 heterocycles. The second kappa shape index (κ2) is 18.8. The van der Waals surface area contributed by atoms with E-state index in [1.54, 1.807) is 0 Å². The second-order valence-corrected chi connectivity index (χ2v) is 21.9. The molecule has 0 radical (unpaired) electrons. The Labute approximate surface area is 440 Å². The fourth-order valence-electron chi connectivity index (χ4n) is 9.97. The summed E-state index contributed by atoms with van der Waals surface area (Å²) in [6.07, 6.45) is 2.04. The molecule has 11 rings (SSSR count). The molecule has 0 N–H and O–H groups in total. The summed E-state index contributed by atoms with van der Waals surface area (Å²) in [6, 6.07) is 72.4. The third-order valence-electron chi connectivity index (χ3n) is 13.8. The molecule has 2 aromatic heterocycles. The number of anilines is 4. The maximum absolute atomic E-state index is 7.00. The van der Waals surface area contributed by atoms with Gasteiger partial charge in [-0.15, -0.1) is 53.6 Å². The maximum Gasteiger partial charge on any atom is 0.135 e. The van der Waals surface area contributed by atoms with E-state index < -0.39 is 0 Å². The zero-order valence-electron chi connectivity index (χ0n) is 42.5. The number of pyridine rings is 1. The number of hydrogen-bond acceptors (Lipinski definition) is 4. The van der Waals surface area contributed by atoms with Crippen LogP contribution >= 0.6 is 0 Å². The average Bonchev–Trinajstić information content (AvgIpc) is 3.91. The van der Waals surface area contributed by atoms with Crippen molar-refractivity contribution in [3.63, 3.8) is 0 Å². The summed E-state index contributed by atoms with van der Waals surface area (Å²) in [5.74, 6) is 2.05. The minimum atomic E-state index is -0.200. The van der Waals surface area contributed by atoms with Crippen LogP contribution in [0.5, 0.6) is 11.5 Å². The van der Waals surface area contributed by atoms with Gasteiger partial charge in [-0.25, -0.2) is 4.98 Å². The summed E-state index contributed by atoms with van der Waals surface area (Å²) < 4.78 is 9.26. The molecule has 0 saturated carbocycles. The first-order valence-corrected chi connectivity index (χ1v) is 24.7. The van der Waals surface area contributed by atoms with E-state index in [4.69, 9.17) is 9.72 Å². The van der Waals surface area contributed by atoms with Gasteiger partial charge in [-0.2, -0.15) is 6.07 Å². The van der Waals surface area contributed by atoms with Crippen molar-refractivity contribution in [3.8, 4) is 50.7 Å². The first-order chi connectivity index (χ1) is 34.1. The zero-order valence-corrected chi connectivity index (χ0v) is 44.8. The van der Waals surface area contributed by atoms with Gasteiger partial charge >= 0.3 is 0 Å². The SMILES string of the molecule is CC(C)(C)c1cc(Oc2[c-]c3c(cc2)c2cc(C(C)(C)C)ccc2n3-c2cc(C(C)(C)C)c(-c3ccccc3)cn2)[c-]c(N2[CH-]N(c3c(-c4ccccc4)cccc3-c3ccccc3)c3ccccc32)c1.[Pt]. The minimum absolute atomic E-state index is 0. The zero-order chi connectivity index (χ0) is 49.2. The molecule has 0 spiro atoms. The van der Waals surface area contributed by atoms with Crippen LogP contribution in [0.4, 0.5) is 22.7 Å². The largest absolute Gasteiger partial charge is 0.509 e. The maximum atomic E-state index is 7.00. The summed E-state index contributed by atoms with van der Waals surface area (Å²) in [5.41, 5.74) is 16.2. The van der Waals surface area contributed by atoms with Gasteiger partial charge in [-0.05, 0) is 73.7 Å². The smallest absolute Gasteiger partial charge is 0.135 e. The van der Waals surface area contributed by atoms with Crippen molar-refractivity contribution in [2.24, 2.45) is 0 Å². The summed E-state index contributed by atoms with van der Waals surface area (Å²) in [6.45, 7) is 22.6. The number of benzene rings is 8. The molecule has 362 valence electrons. The van der Waals surface area contributed by atoms with Crippen LogP contribution in [-0.4, -0.2) is 9.55 Å². The fraction of sp³-hybridized carbons (Fsp3) is 0.182. The number of aromatic nitrogens is 2. The number of ether oxygens (including phenoxy) is 1. The molecule has 0 unspecified atom stereocenters. The van der Waals surface area contributed by atoms with Gasteiger partial charge in [0, 0.05) is 78.0 Å². The molecule has 0 atom stereocenters. The molecule has 5 nitrogen and oxygen atoms in total. The van der Waals surface area contributed by atoms with E-state index in [2.05, 4.69) is 271 Å². The number of hydrogen-bond donors (Lipinski definition) is 0. The first-order valence-electron chi connectivity index (χ1n) is 24.7. The molecule has 8 aromatic carbocycles. The van der Waals surface area contributed by atoms with Crippen molar-refractivity contribution in [2.75, 3.05) is 9.80 Å². The Balaban J connectivity index is 0.00000596. The van der Waals surface area contributed by atoms with E-state index >= 15 is 0 Å². The van der Waals surface area contributed by atoms with Gasteiger partial charge in [0.15, 0.2) is 0 Å². The molecular weight excluding hydrogens is 1060 g/mol. The molecule has 1 aliphatic rings. The van der Waals surface area contributed by atoms with Crippen molar-refractivity contribution >= 4 is 44.6 Å². The monoisotopic (exact) mass is 1120 g/mol. The van der Waals surface area contributed by atoms with Gasteiger partial charge in [0.25, 0.3) is 0 Å². The van der Waals surface area contributed by atoms with E-state index in [0.29, 0.717) is 11.5 Å². The number of fused-ring (bicyclic) bond motifs is 4. The molecule has 10 aromatic rings. The van der Waals surface area contributed by atoms with Crippen LogP contribution in [0, 0.1) is 18.8 Å². The second-order valence-electron chi connectivity index (χ2n) is 21.9. The van der Waals surface area contributed by atoms with Gasteiger partial charge in [0.2, 0.25) is 0 Å². The molecule has 1 aliphatic heterocycles. The summed E-state index contributed by atoms with van der Waals surface area (Å²) in [4.78, 5) is 9.82. The summed E-state index contributed by atoms with van der Waals surface area (Å²) in [7, 11) is 0. The predicted octanol–water partition coefficient (Wildman–Crippen LogP) is 17.9. The average molecular weight is 1120 g/mol. The van der Waals surface area contributed by atoms with Gasteiger partial charge in [0.05, 0.1) is 0 Å². The topological polar surface area (TPSA) is 33.5 Å². The Kier molecular flexibility index (Phi) is 12.6. The van der Waals surface area contributed by atoms with Crippen molar-refractivity contribution in [3.05, 3.63) is 224 Å². The minimum Gasteiger partial charge on any atom is -0.509 e. The predicted molar refractivity (Wildman–Crippen MR) is 297 cm³/mol. The van der Waals surface area contributed by atoms with Crippen LogP contribution in [0.25, 0.3) is 61.0 Å². The van der Waals surface area contributed by atoms with Gasteiger partial charge < -0.3 is 19.1 Å². The molecule has 0 amide bonds. The van der Waals surface area contributed by atoms with Gasteiger partial charge in [0.1, 0.15) is 5.82 Å². The quantitative estimate of drug-likeness (QED) is 0.142. The van der Waals surface area contributed by atoms with Crippen molar-refractivity contribution in [1.82, 2.24) is 9.55 Å². The van der Waals surface area contributed by atoms with Crippen LogP contribution in [0.1, 0.15) is 79.0 Å². The van der Waals surface area contributed by atoms with Crippen molar-refractivity contribution in [1.29, 1.82) is 0 Å². The van der Waals surface area contributed by atoms with Crippen molar-refractivity contribution < 1.29 is 25.8 Å². The van der Waals surface area contributed by atoms with Gasteiger partial charge in [-0.3, -0.25) is 0 Å². The van der Waals surface area contributed by atoms with Crippen LogP contribution in [0.3, 0.4) is 0 Å².